The molecule has 22 heavy (non-hydrogen) atoms. The summed E-state index contributed by atoms with van der Waals surface area (Å²) in [6.45, 7) is 3.92. The SMILES string of the molecule is Cc1cc(Oc2ccnc(OC3CCCC3)n2)c(C)cc1N. The van der Waals surface area contributed by atoms with Crippen LogP contribution in [0.1, 0.15) is 36.8 Å². The van der Waals surface area contributed by atoms with Crippen LogP contribution in [0.3, 0.4) is 0 Å². The molecule has 116 valence electrons. The molecule has 1 aliphatic rings. The summed E-state index contributed by atoms with van der Waals surface area (Å²) in [5.74, 6) is 1.23. The van der Waals surface area contributed by atoms with Crippen LogP contribution in [0, 0.1) is 13.8 Å². The van der Waals surface area contributed by atoms with Crippen molar-refractivity contribution in [2.45, 2.75) is 45.6 Å². The highest BCUT2D eigenvalue weighted by Crippen LogP contribution is 2.29. The van der Waals surface area contributed by atoms with Crippen LogP contribution in [0.2, 0.25) is 0 Å². The fourth-order valence-electron chi connectivity index (χ4n) is 2.63. The molecule has 1 aliphatic carbocycles. The number of nitrogens with two attached hydrogens (primary N) is 1. The Morgan fingerprint density at radius 3 is 2.68 bits per heavy atom. The molecule has 1 saturated carbocycles. The van der Waals surface area contributed by atoms with Crippen molar-refractivity contribution < 1.29 is 9.47 Å². The monoisotopic (exact) mass is 299 g/mol. The molecular formula is C17H21N3O2. The highest BCUT2D eigenvalue weighted by molar-refractivity contribution is 5.54. The van der Waals surface area contributed by atoms with Crippen molar-refractivity contribution in [2.24, 2.45) is 0 Å². The number of anilines is 1. The number of nitrogen functional groups attached to an aromatic ring is 1. The van der Waals surface area contributed by atoms with Crippen LogP contribution in [0.15, 0.2) is 24.4 Å². The van der Waals surface area contributed by atoms with Gasteiger partial charge in [0.15, 0.2) is 0 Å². The van der Waals surface area contributed by atoms with Crippen molar-refractivity contribution >= 4 is 5.69 Å². The summed E-state index contributed by atoms with van der Waals surface area (Å²) in [4.78, 5) is 8.50. The molecule has 5 nitrogen and oxygen atoms in total. The molecule has 0 amide bonds. The van der Waals surface area contributed by atoms with Gasteiger partial charge in [0, 0.05) is 18.0 Å². The zero-order chi connectivity index (χ0) is 15.5. The molecule has 3 rings (SSSR count). The largest absolute Gasteiger partial charge is 0.460 e. The molecule has 1 fully saturated rings. The van der Waals surface area contributed by atoms with Gasteiger partial charge < -0.3 is 15.2 Å². The topological polar surface area (TPSA) is 70.3 Å². The van der Waals surface area contributed by atoms with Crippen LogP contribution in [0.4, 0.5) is 5.69 Å². The molecule has 0 unspecified atom stereocenters. The Kier molecular flexibility index (Phi) is 4.13. The molecule has 1 heterocycles. The van der Waals surface area contributed by atoms with E-state index in [2.05, 4.69) is 9.97 Å². The highest BCUT2D eigenvalue weighted by atomic mass is 16.5. The van der Waals surface area contributed by atoms with Crippen molar-refractivity contribution in [2.75, 3.05) is 5.73 Å². The Labute approximate surface area is 130 Å². The average Bonchev–Trinajstić information content (AvgIpc) is 2.98. The van der Waals surface area contributed by atoms with Crippen molar-refractivity contribution in [1.82, 2.24) is 9.97 Å². The maximum Gasteiger partial charge on any atom is 0.319 e. The van der Waals surface area contributed by atoms with Gasteiger partial charge in [0.05, 0.1) is 0 Å². The third kappa shape index (κ3) is 3.30. The molecule has 0 bridgehead atoms. The highest BCUT2D eigenvalue weighted by Gasteiger charge is 2.18. The maximum atomic E-state index is 5.90. The second-order valence-electron chi connectivity index (χ2n) is 5.78. The fraction of sp³-hybridized carbons (Fsp3) is 0.412. The first kappa shape index (κ1) is 14.6. The van der Waals surface area contributed by atoms with Crippen molar-refractivity contribution in [3.63, 3.8) is 0 Å². The van der Waals surface area contributed by atoms with Gasteiger partial charge in [0.1, 0.15) is 11.9 Å². The minimum absolute atomic E-state index is 0.232. The van der Waals surface area contributed by atoms with Crippen LogP contribution >= 0.6 is 0 Å². The van der Waals surface area contributed by atoms with Crippen LogP contribution in [-0.2, 0) is 0 Å². The first-order valence-electron chi connectivity index (χ1n) is 7.66. The van der Waals surface area contributed by atoms with Gasteiger partial charge in [-0.05, 0) is 62.8 Å². The van der Waals surface area contributed by atoms with Gasteiger partial charge >= 0.3 is 6.01 Å². The minimum atomic E-state index is 0.232. The molecule has 2 aromatic rings. The van der Waals surface area contributed by atoms with E-state index in [-0.39, 0.29) is 6.10 Å². The fourth-order valence-corrected chi connectivity index (χ4v) is 2.63. The third-order valence-electron chi connectivity index (χ3n) is 3.96. The first-order chi connectivity index (χ1) is 10.6. The lowest BCUT2D eigenvalue weighted by Crippen LogP contribution is -2.12. The van der Waals surface area contributed by atoms with Crippen LogP contribution in [-0.4, -0.2) is 16.1 Å². The molecule has 0 saturated heterocycles. The van der Waals surface area contributed by atoms with Gasteiger partial charge in [-0.25, -0.2) is 4.98 Å². The predicted octanol–water partition coefficient (Wildman–Crippen LogP) is 3.79. The molecule has 0 atom stereocenters. The van der Waals surface area contributed by atoms with Crippen LogP contribution in [0.25, 0.3) is 0 Å². The molecule has 1 aromatic carbocycles. The maximum absolute atomic E-state index is 5.90. The minimum Gasteiger partial charge on any atom is -0.460 e. The number of hydrogen-bond acceptors (Lipinski definition) is 5. The summed E-state index contributed by atoms with van der Waals surface area (Å²) >= 11 is 0. The van der Waals surface area contributed by atoms with E-state index >= 15 is 0 Å². The number of rotatable bonds is 4. The smallest absolute Gasteiger partial charge is 0.319 e. The average molecular weight is 299 g/mol. The number of aromatic nitrogens is 2. The second kappa shape index (κ2) is 6.22. The molecule has 1 aromatic heterocycles. The zero-order valence-corrected chi connectivity index (χ0v) is 13.0. The normalized spacial score (nSPS) is 15.0. The van der Waals surface area contributed by atoms with Gasteiger partial charge in [0.25, 0.3) is 0 Å². The lowest BCUT2D eigenvalue weighted by atomic mass is 10.1. The molecule has 0 aliphatic heterocycles. The molecule has 2 N–H and O–H groups in total. The summed E-state index contributed by atoms with van der Waals surface area (Å²) in [7, 11) is 0. The summed E-state index contributed by atoms with van der Waals surface area (Å²) in [5, 5.41) is 0. The first-order valence-corrected chi connectivity index (χ1v) is 7.66. The van der Waals surface area contributed by atoms with E-state index in [0.717, 1.165) is 35.4 Å². The lowest BCUT2D eigenvalue weighted by molar-refractivity contribution is 0.190. The summed E-state index contributed by atoms with van der Waals surface area (Å²) in [6, 6.07) is 5.94. The summed E-state index contributed by atoms with van der Waals surface area (Å²) in [6.07, 6.45) is 6.47. The van der Waals surface area contributed by atoms with E-state index in [9.17, 15) is 0 Å². The number of ether oxygens (including phenoxy) is 2. The number of nitrogens with zero attached hydrogens (tertiary/aromatic N) is 2. The molecule has 0 radical (unpaired) electrons. The van der Waals surface area contributed by atoms with Crippen LogP contribution < -0.4 is 15.2 Å². The zero-order valence-electron chi connectivity index (χ0n) is 13.0. The van der Waals surface area contributed by atoms with Crippen molar-refractivity contribution in [1.29, 1.82) is 0 Å². The number of hydrogen-bond donors (Lipinski definition) is 1. The molecule has 5 heteroatoms. The van der Waals surface area contributed by atoms with E-state index < -0.39 is 0 Å². The lowest BCUT2D eigenvalue weighted by Gasteiger charge is -2.13. The van der Waals surface area contributed by atoms with E-state index in [4.69, 9.17) is 15.2 Å². The summed E-state index contributed by atoms with van der Waals surface area (Å²) in [5.41, 5.74) is 8.61. The molecular weight excluding hydrogens is 278 g/mol. The standard InChI is InChI=1S/C17H21N3O2/c1-11-10-15(12(2)9-14(11)18)22-16-7-8-19-17(20-16)21-13-5-3-4-6-13/h7-10,13H,3-6,18H2,1-2H3. The Balaban J connectivity index is 1.76. The van der Waals surface area contributed by atoms with E-state index in [1.807, 2.05) is 26.0 Å². The molecule has 0 spiro atoms. The van der Waals surface area contributed by atoms with Gasteiger partial charge in [0.2, 0.25) is 5.88 Å². The number of aryl methyl sites for hydroxylation is 2. The summed E-state index contributed by atoms with van der Waals surface area (Å²) < 4.78 is 11.7. The Morgan fingerprint density at radius 1 is 1.14 bits per heavy atom. The van der Waals surface area contributed by atoms with E-state index in [1.54, 1.807) is 12.3 Å². The van der Waals surface area contributed by atoms with Gasteiger partial charge in [-0.3, -0.25) is 0 Å². The Morgan fingerprint density at radius 2 is 1.91 bits per heavy atom. The van der Waals surface area contributed by atoms with E-state index in [1.165, 1.54) is 12.8 Å². The van der Waals surface area contributed by atoms with Crippen molar-refractivity contribution in [3.05, 3.63) is 35.5 Å². The van der Waals surface area contributed by atoms with Gasteiger partial charge in [-0.2, -0.15) is 4.98 Å². The quantitative estimate of drug-likeness (QED) is 0.870. The van der Waals surface area contributed by atoms with Crippen LogP contribution in [0.5, 0.6) is 17.6 Å². The second-order valence-corrected chi connectivity index (χ2v) is 5.78. The predicted molar refractivity (Wildman–Crippen MR) is 85.3 cm³/mol. The Hall–Kier alpha value is -2.30. The van der Waals surface area contributed by atoms with Gasteiger partial charge in [-0.1, -0.05) is 0 Å². The number of benzene rings is 1. The van der Waals surface area contributed by atoms with E-state index in [0.29, 0.717) is 11.9 Å². The Bertz CT molecular complexity index is 667. The van der Waals surface area contributed by atoms with Gasteiger partial charge in [-0.15, -0.1) is 0 Å². The third-order valence-corrected chi connectivity index (χ3v) is 3.96. The van der Waals surface area contributed by atoms with Crippen molar-refractivity contribution in [3.8, 4) is 17.6 Å².